The Bertz CT molecular complexity index is 353. The molecule has 0 saturated heterocycles. The van der Waals surface area contributed by atoms with Crippen molar-refractivity contribution < 1.29 is 9.26 Å². The Kier molecular flexibility index (Phi) is 8.49. The van der Waals surface area contributed by atoms with Crippen LogP contribution in [0.2, 0.25) is 0 Å². The molecule has 0 aliphatic heterocycles. The SMILES string of the molecule is CCCNCc1cc(CN(CCOC)CC(C)C)on1. The summed E-state index contributed by atoms with van der Waals surface area (Å²) in [5.74, 6) is 1.55. The van der Waals surface area contributed by atoms with E-state index in [4.69, 9.17) is 9.26 Å². The number of ether oxygens (including phenoxy) is 1. The van der Waals surface area contributed by atoms with Gasteiger partial charge in [-0.2, -0.15) is 0 Å². The van der Waals surface area contributed by atoms with Crippen molar-refractivity contribution in [3.05, 3.63) is 17.5 Å². The van der Waals surface area contributed by atoms with Crippen LogP contribution in [0.5, 0.6) is 0 Å². The third kappa shape index (κ3) is 7.03. The predicted octanol–water partition coefficient (Wildman–Crippen LogP) is 2.28. The summed E-state index contributed by atoms with van der Waals surface area (Å²) in [5, 5.41) is 7.43. The van der Waals surface area contributed by atoms with Crippen molar-refractivity contribution in [3.63, 3.8) is 0 Å². The van der Waals surface area contributed by atoms with Crippen molar-refractivity contribution in [2.75, 3.05) is 33.4 Å². The highest BCUT2D eigenvalue weighted by molar-refractivity contribution is 5.05. The fourth-order valence-electron chi connectivity index (χ4n) is 2.10. The second-order valence-corrected chi connectivity index (χ2v) is 5.58. The number of hydrogen-bond acceptors (Lipinski definition) is 5. The van der Waals surface area contributed by atoms with Crippen LogP contribution in [-0.2, 0) is 17.8 Å². The predicted molar refractivity (Wildman–Crippen MR) is 80.5 cm³/mol. The molecule has 0 atom stereocenters. The first-order valence-electron chi connectivity index (χ1n) is 7.52. The molecule has 1 aromatic rings. The Balaban J connectivity index is 2.46. The van der Waals surface area contributed by atoms with E-state index < -0.39 is 0 Å². The monoisotopic (exact) mass is 283 g/mol. The fourth-order valence-corrected chi connectivity index (χ4v) is 2.10. The van der Waals surface area contributed by atoms with Crippen LogP contribution in [0.4, 0.5) is 0 Å². The highest BCUT2D eigenvalue weighted by Crippen LogP contribution is 2.09. The second kappa shape index (κ2) is 9.91. The van der Waals surface area contributed by atoms with Gasteiger partial charge in [0.1, 0.15) is 0 Å². The van der Waals surface area contributed by atoms with E-state index in [-0.39, 0.29) is 0 Å². The summed E-state index contributed by atoms with van der Waals surface area (Å²) < 4.78 is 10.6. The minimum atomic E-state index is 0.625. The number of nitrogens with one attached hydrogen (secondary N) is 1. The van der Waals surface area contributed by atoms with Gasteiger partial charge in [0.05, 0.1) is 18.8 Å². The van der Waals surface area contributed by atoms with Crippen LogP contribution in [0.25, 0.3) is 0 Å². The van der Waals surface area contributed by atoms with E-state index in [1.54, 1.807) is 7.11 Å². The van der Waals surface area contributed by atoms with Gasteiger partial charge in [0.25, 0.3) is 0 Å². The molecule has 20 heavy (non-hydrogen) atoms. The molecule has 0 radical (unpaired) electrons. The van der Waals surface area contributed by atoms with Crippen molar-refractivity contribution in [2.45, 2.75) is 40.3 Å². The van der Waals surface area contributed by atoms with E-state index in [2.05, 4.69) is 36.1 Å². The minimum Gasteiger partial charge on any atom is -0.383 e. The number of methoxy groups -OCH3 is 1. The Morgan fingerprint density at radius 3 is 2.90 bits per heavy atom. The molecule has 1 aromatic heterocycles. The Labute approximate surface area is 122 Å². The van der Waals surface area contributed by atoms with Crippen molar-refractivity contribution in [1.82, 2.24) is 15.4 Å². The lowest BCUT2D eigenvalue weighted by molar-refractivity contribution is 0.129. The molecule has 5 nitrogen and oxygen atoms in total. The van der Waals surface area contributed by atoms with Crippen molar-refractivity contribution >= 4 is 0 Å². The quantitative estimate of drug-likeness (QED) is 0.631. The maximum Gasteiger partial charge on any atom is 0.151 e. The molecule has 0 aliphatic carbocycles. The first-order chi connectivity index (χ1) is 9.65. The molecule has 0 aliphatic rings. The number of rotatable bonds is 11. The van der Waals surface area contributed by atoms with Crippen molar-refractivity contribution in [2.24, 2.45) is 5.92 Å². The maximum atomic E-state index is 5.41. The molecular weight excluding hydrogens is 254 g/mol. The molecule has 0 unspecified atom stereocenters. The van der Waals surface area contributed by atoms with E-state index in [0.717, 1.165) is 57.2 Å². The highest BCUT2D eigenvalue weighted by atomic mass is 16.5. The van der Waals surface area contributed by atoms with E-state index >= 15 is 0 Å². The van der Waals surface area contributed by atoms with Gasteiger partial charge >= 0.3 is 0 Å². The summed E-state index contributed by atoms with van der Waals surface area (Å²) in [7, 11) is 1.74. The molecule has 116 valence electrons. The van der Waals surface area contributed by atoms with Gasteiger partial charge in [0.15, 0.2) is 5.76 Å². The Hall–Kier alpha value is -0.910. The second-order valence-electron chi connectivity index (χ2n) is 5.58. The van der Waals surface area contributed by atoms with Gasteiger partial charge in [-0.15, -0.1) is 0 Å². The topological polar surface area (TPSA) is 50.5 Å². The highest BCUT2D eigenvalue weighted by Gasteiger charge is 2.12. The average molecular weight is 283 g/mol. The summed E-state index contributed by atoms with van der Waals surface area (Å²) in [5.41, 5.74) is 0.977. The summed E-state index contributed by atoms with van der Waals surface area (Å²) in [6, 6.07) is 2.04. The van der Waals surface area contributed by atoms with Crippen LogP contribution in [0.3, 0.4) is 0 Å². The Morgan fingerprint density at radius 2 is 2.25 bits per heavy atom. The zero-order valence-electron chi connectivity index (χ0n) is 13.3. The van der Waals surface area contributed by atoms with Crippen LogP contribution >= 0.6 is 0 Å². The molecule has 0 aromatic carbocycles. The van der Waals surface area contributed by atoms with Crippen LogP contribution in [0.1, 0.15) is 38.6 Å². The van der Waals surface area contributed by atoms with Gasteiger partial charge in [-0.25, -0.2) is 0 Å². The number of nitrogens with zero attached hydrogens (tertiary/aromatic N) is 2. The van der Waals surface area contributed by atoms with Crippen molar-refractivity contribution in [1.29, 1.82) is 0 Å². The van der Waals surface area contributed by atoms with Gasteiger partial charge in [-0.3, -0.25) is 4.90 Å². The summed E-state index contributed by atoms with van der Waals surface area (Å²) in [6.45, 7) is 11.9. The smallest absolute Gasteiger partial charge is 0.151 e. The standard InChI is InChI=1S/C15H29N3O2/c1-5-6-16-10-14-9-15(20-17-14)12-18(7-8-19-4)11-13(2)3/h9,13,16H,5-8,10-12H2,1-4H3. The zero-order valence-corrected chi connectivity index (χ0v) is 13.3. The van der Waals surface area contributed by atoms with E-state index in [9.17, 15) is 0 Å². The zero-order chi connectivity index (χ0) is 14.8. The lowest BCUT2D eigenvalue weighted by atomic mass is 10.2. The summed E-state index contributed by atoms with van der Waals surface area (Å²) >= 11 is 0. The molecule has 0 bridgehead atoms. The molecule has 0 fully saturated rings. The first-order valence-corrected chi connectivity index (χ1v) is 7.52. The largest absolute Gasteiger partial charge is 0.383 e. The Morgan fingerprint density at radius 1 is 1.45 bits per heavy atom. The van der Waals surface area contributed by atoms with Crippen molar-refractivity contribution in [3.8, 4) is 0 Å². The summed E-state index contributed by atoms with van der Waals surface area (Å²) in [6.07, 6.45) is 1.13. The van der Waals surface area contributed by atoms with Crippen LogP contribution in [-0.4, -0.2) is 43.4 Å². The van der Waals surface area contributed by atoms with Crippen LogP contribution in [0, 0.1) is 5.92 Å². The van der Waals surface area contributed by atoms with Gasteiger partial charge in [0, 0.05) is 32.8 Å². The average Bonchev–Trinajstić information content (AvgIpc) is 2.83. The van der Waals surface area contributed by atoms with Gasteiger partial charge in [-0.1, -0.05) is 25.9 Å². The minimum absolute atomic E-state index is 0.625. The lowest BCUT2D eigenvalue weighted by Gasteiger charge is -2.22. The first kappa shape index (κ1) is 17.1. The molecule has 5 heteroatoms. The maximum absolute atomic E-state index is 5.41. The molecule has 0 amide bonds. The number of aromatic nitrogens is 1. The summed E-state index contributed by atoms with van der Waals surface area (Å²) in [4.78, 5) is 2.35. The van der Waals surface area contributed by atoms with Crippen LogP contribution < -0.4 is 5.32 Å². The lowest BCUT2D eigenvalue weighted by Crippen LogP contribution is -2.30. The molecule has 1 heterocycles. The van der Waals surface area contributed by atoms with Crippen LogP contribution in [0.15, 0.2) is 10.6 Å². The van der Waals surface area contributed by atoms with Gasteiger partial charge in [-0.05, 0) is 18.9 Å². The third-order valence-corrected chi connectivity index (χ3v) is 2.96. The number of hydrogen-bond donors (Lipinski definition) is 1. The molecule has 1 rings (SSSR count). The molecular formula is C15H29N3O2. The molecule has 0 saturated carbocycles. The van der Waals surface area contributed by atoms with E-state index in [1.807, 2.05) is 6.07 Å². The molecule has 1 N–H and O–H groups in total. The van der Waals surface area contributed by atoms with Gasteiger partial charge < -0.3 is 14.6 Å². The van der Waals surface area contributed by atoms with E-state index in [0.29, 0.717) is 5.92 Å². The third-order valence-electron chi connectivity index (χ3n) is 2.96. The normalized spacial score (nSPS) is 11.7. The molecule has 0 spiro atoms. The van der Waals surface area contributed by atoms with Gasteiger partial charge in [0.2, 0.25) is 0 Å². The fraction of sp³-hybridized carbons (Fsp3) is 0.800. The van der Waals surface area contributed by atoms with E-state index in [1.165, 1.54) is 0 Å².